The number of aryl methyl sites for hydroxylation is 1. The standard InChI is InChI=1S/C23H27N3O3S2/c1-3-25-18-10-5-4-9-16(18)20(24-11-6-7-12-24)17(21(25)27)15-19-22(28)26(23(30)31-19)13-8-14-29-2/h4-5,9-10,15H,3,6-8,11-14H2,1-2H3. The van der Waals surface area contributed by atoms with Gasteiger partial charge in [0.2, 0.25) is 0 Å². The van der Waals surface area contributed by atoms with Crippen LogP contribution < -0.4 is 10.5 Å². The fraction of sp³-hybridized carbons (Fsp3) is 0.435. The van der Waals surface area contributed by atoms with Gasteiger partial charge in [-0.3, -0.25) is 14.5 Å². The highest BCUT2D eigenvalue weighted by molar-refractivity contribution is 8.26. The smallest absolute Gasteiger partial charge is 0.266 e. The van der Waals surface area contributed by atoms with Crippen molar-refractivity contribution in [2.24, 2.45) is 0 Å². The number of rotatable bonds is 7. The molecule has 0 spiro atoms. The zero-order valence-corrected chi connectivity index (χ0v) is 19.6. The lowest BCUT2D eigenvalue weighted by atomic mass is 10.1. The monoisotopic (exact) mass is 457 g/mol. The van der Waals surface area contributed by atoms with Crippen LogP contribution in [0.3, 0.4) is 0 Å². The lowest BCUT2D eigenvalue weighted by Gasteiger charge is -2.24. The topological polar surface area (TPSA) is 54.8 Å². The van der Waals surface area contributed by atoms with Crippen LogP contribution >= 0.6 is 24.0 Å². The summed E-state index contributed by atoms with van der Waals surface area (Å²) in [5.41, 5.74) is 2.39. The molecule has 3 heterocycles. The first-order valence-corrected chi connectivity index (χ1v) is 11.9. The number of pyridine rings is 1. The second kappa shape index (κ2) is 9.54. The van der Waals surface area contributed by atoms with Gasteiger partial charge < -0.3 is 14.2 Å². The number of thiocarbonyl (C=S) groups is 1. The van der Waals surface area contributed by atoms with Crippen LogP contribution in [0.15, 0.2) is 34.0 Å². The molecule has 2 aliphatic rings. The highest BCUT2D eigenvalue weighted by Crippen LogP contribution is 2.37. The van der Waals surface area contributed by atoms with E-state index in [2.05, 4.69) is 11.0 Å². The van der Waals surface area contributed by atoms with E-state index >= 15 is 0 Å². The Balaban J connectivity index is 1.84. The number of anilines is 1. The maximum absolute atomic E-state index is 13.6. The van der Waals surface area contributed by atoms with Gasteiger partial charge in [-0.1, -0.05) is 42.2 Å². The summed E-state index contributed by atoms with van der Waals surface area (Å²) in [6.07, 6.45) is 4.69. The molecule has 0 bridgehead atoms. The Morgan fingerprint density at radius 3 is 2.65 bits per heavy atom. The Morgan fingerprint density at radius 1 is 1.19 bits per heavy atom. The summed E-state index contributed by atoms with van der Waals surface area (Å²) in [5, 5.41) is 1.05. The van der Waals surface area contributed by atoms with Crippen molar-refractivity contribution >= 4 is 56.9 Å². The molecule has 0 unspecified atom stereocenters. The van der Waals surface area contributed by atoms with E-state index in [4.69, 9.17) is 17.0 Å². The summed E-state index contributed by atoms with van der Waals surface area (Å²) in [7, 11) is 1.64. The minimum atomic E-state index is -0.130. The van der Waals surface area contributed by atoms with Gasteiger partial charge in [0.05, 0.1) is 21.7 Å². The number of carbonyl (C=O) groups is 1. The minimum absolute atomic E-state index is 0.0623. The molecule has 0 radical (unpaired) electrons. The van der Waals surface area contributed by atoms with Crippen LogP contribution in [-0.4, -0.2) is 53.0 Å². The third-order valence-corrected chi connectivity index (χ3v) is 7.18. The summed E-state index contributed by atoms with van der Waals surface area (Å²) in [6.45, 7) is 5.46. The number of hydrogen-bond donors (Lipinski definition) is 0. The van der Waals surface area contributed by atoms with E-state index in [-0.39, 0.29) is 11.5 Å². The molecule has 4 rings (SSSR count). The fourth-order valence-corrected chi connectivity index (χ4v) is 5.62. The van der Waals surface area contributed by atoms with Gasteiger partial charge in [0.25, 0.3) is 11.5 Å². The van der Waals surface area contributed by atoms with E-state index in [0.717, 1.165) is 42.5 Å². The van der Waals surface area contributed by atoms with Crippen molar-refractivity contribution < 1.29 is 9.53 Å². The zero-order chi connectivity index (χ0) is 22.0. The molecule has 2 saturated heterocycles. The molecule has 2 aromatic rings. The molecule has 0 N–H and O–H groups in total. The molecule has 31 heavy (non-hydrogen) atoms. The number of para-hydroxylation sites is 1. The first-order chi connectivity index (χ1) is 15.1. The molecule has 0 atom stereocenters. The van der Waals surface area contributed by atoms with E-state index in [1.165, 1.54) is 11.8 Å². The van der Waals surface area contributed by atoms with Crippen LogP contribution in [0.2, 0.25) is 0 Å². The van der Waals surface area contributed by atoms with Crippen molar-refractivity contribution in [1.29, 1.82) is 0 Å². The Hall–Kier alpha value is -2.16. The molecule has 0 saturated carbocycles. The molecule has 2 fully saturated rings. The first-order valence-electron chi connectivity index (χ1n) is 10.7. The van der Waals surface area contributed by atoms with Gasteiger partial charge in [0.15, 0.2) is 0 Å². The van der Waals surface area contributed by atoms with Crippen molar-refractivity contribution in [2.75, 3.05) is 38.3 Å². The Bertz CT molecular complexity index is 1100. The van der Waals surface area contributed by atoms with Crippen LogP contribution in [0.5, 0.6) is 0 Å². The number of amides is 1. The molecule has 164 valence electrons. The van der Waals surface area contributed by atoms with Crippen molar-refractivity contribution in [3.05, 3.63) is 45.1 Å². The third-order valence-electron chi connectivity index (χ3n) is 5.80. The van der Waals surface area contributed by atoms with E-state index in [9.17, 15) is 9.59 Å². The van der Waals surface area contributed by atoms with Crippen LogP contribution in [0.1, 0.15) is 31.7 Å². The summed E-state index contributed by atoms with van der Waals surface area (Å²) in [4.78, 5) is 31.0. The van der Waals surface area contributed by atoms with E-state index in [1.54, 1.807) is 22.7 Å². The fourth-order valence-electron chi connectivity index (χ4n) is 4.33. The Labute approximate surface area is 191 Å². The number of thioether (sulfide) groups is 1. The number of aromatic nitrogens is 1. The molecule has 0 aliphatic carbocycles. The first kappa shape index (κ1) is 22.0. The van der Waals surface area contributed by atoms with E-state index in [0.29, 0.717) is 40.9 Å². The lowest BCUT2D eigenvalue weighted by molar-refractivity contribution is -0.122. The van der Waals surface area contributed by atoms with Crippen LogP contribution in [0, 0.1) is 0 Å². The number of carbonyl (C=O) groups excluding carboxylic acids is 1. The van der Waals surface area contributed by atoms with Crippen LogP contribution in [0.4, 0.5) is 5.69 Å². The Kier molecular flexibility index (Phi) is 6.79. The highest BCUT2D eigenvalue weighted by Gasteiger charge is 2.33. The Morgan fingerprint density at radius 2 is 1.94 bits per heavy atom. The normalized spacial score (nSPS) is 18.2. The summed E-state index contributed by atoms with van der Waals surface area (Å²) >= 11 is 6.73. The molecule has 1 amide bonds. The molecule has 1 aromatic heterocycles. The van der Waals surface area contributed by atoms with Gasteiger partial charge in [0.1, 0.15) is 4.32 Å². The van der Waals surface area contributed by atoms with E-state index in [1.807, 2.05) is 25.1 Å². The average Bonchev–Trinajstić information content (AvgIpc) is 3.39. The quantitative estimate of drug-likeness (QED) is 0.358. The minimum Gasteiger partial charge on any atom is -0.385 e. The molecular formula is C23H27N3O3S2. The van der Waals surface area contributed by atoms with Crippen molar-refractivity contribution in [3.8, 4) is 0 Å². The van der Waals surface area contributed by atoms with Gasteiger partial charge in [-0.15, -0.1) is 0 Å². The number of hydrogen-bond acceptors (Lipinski definition) is 6. The number of methoxy groups -OCH3 is 1. The zero-order valence-electron chi connectivity index (χ0n) is 17.9. The van der Waals surface area contributed by atoms with Gasteiger partial charge in [-0.05, 0) is 38.3 Å². The second-order valence-electron chi connectivity index (χ2n) is 7.70. The summed E-state index contributed by atoms with van der Waals surface area (Å²) in [6, 6.07) is 8.04. The molecular weight excluding hydrogens is 430 g/mol. The number of ether oxygens (including phenoxy) is 1. The van der Waals surface area contributed by atoms with Crippen LogP contribution in [0.25, 0.3) is 17.0 Å². The van der Waals surface area contributed by atoms with Crippen molar-refractivity contribution in [2.45, 2.75) is 32.7 Å². The van der Waals surface area contributed by atoms with Gasteiger partial charge >= 0.3 is 0 Å². The van der Waals surface area contributed by atoms with Gasteiger partial charge in [-0.25, -0.2) is 0 Å². The predicted octanol–water partition coefficient (Wildman–Crippen LogP) is 3.86. The van der Waals surface area contributed by atoms with Crippen molar-refractivity contribution in [1.82, 2.24) is 9.47 Å². The summed E-state index contributed by atoms with van der Waals surface area (Å²) < 4.78 is 7.42. The second-order valence-corrected chi connectivity index (χ2v) is 9.38. The number of benzene rings is 1. The number of nitrogens with zero attached hydrogens (tertiary/aromatic N) is 3. The molecule has 2 aliphatic heterocycles. The lowest BCUT2D eigenvalue weighted by Crippen LogP contribution is -2.30. The maximum atomic E-state index is 13.6. The van der Waals surface area contributed by atoms with Gasteiger partial charge in [0, 0.05) is 45.3 Å². The summed E-state index contributed by atoms with van der Waals surface area (Å²) in [5.74, 6) is -0.130. The third kappa shape index (κ3) is 4.16. The van der Waals surface area contributed by atoms with Crippen LogP contribution in [-0.2, 0) is 16.1 Å². The SMILES string of the molecule is CCn1c(=O)c(C=C2SC(=S)N(CCCOC)C2=O)c(N2CCCC2)c2ccccc21. The molecule has 8 heteroatoms. The molecule has 1 aromatic carbocycles. The largest absolute Gasteiger partial charge is 0.385 e. The average molecular weight is 458 g/mol. The highest BCUT2D eigenvalue weighted by atomic mass is 32.2. The predicted molar refractivity (Wildman–Crippen MR) is 132 cm³/mol. The maximum Gasteiger partial charge on any atom is 0.266 e. The molecule has 6 nitrogen and oxygen atoms in total. The van der Waals surface area contributed by atoms with E-state index < -0.39 is 0 Å². The van der Waals surface area contributed by atoms with Gasteiger partial charge in [-0.2, -0.15) is 0 Å². The van der Waals surface area contributed by atoms with Crippen molar-refractivity contribution in [3.63, 3.8) is 0 Å². The number of fused-ring (bicyclic) bond motifs is 1.